The lowest BCUT2D eigenvalue weighted by Crippen LogP contribution is -2.31. The van der Waals surface area contributed by atoms with Crippen molar-refractivity contribution in [3.63, 3.8) is 0 Å². The van der Waals surface area contributed by atoms with Crippen molar-refractivity contribution < 1.29 is 27.3 Å². The second-order valence-electron chi connectivity index (χ2n) is 7.20. The minimum absolute atomic E-state index is 0.230. The summed E-state index contributed by atoms with van der Waals surface area (Å²) in [6.07, 6.45) is 6.51. The number of anilines is 1. The van der Waals surface area contributed by atoms with E-state index in [4.69, 9.17) is 9.26 Å². The van der Waals surface area contributed by atoms with Gasteiger partial charge in [0.2, 0.25) is 10.0 Å². The van der Waals surface area contributed by atoms with Crippen molar-refractivity contribution in [3.05, 3.63) is 47.7 Å². The molecule has 1 saturated heterocycles. The summed E-state index contributed by atoms with van der Waals surface area (Å²) < 4.78 is 36.8. The fraction of sp³-hybridized carbons (Fsp3) is 0.381. The Kier molecular flexibility index (Phi) is 7.59. The number of sulfonamides is 1. The highest BCUT2D eigenvalue weighted by Gasteiger charge is 2.24. The van der Waals surface area contributed by atoms with Crippen molar-refractivity contribution in [2.75, 3.05) is 25.0 Å². The average molecular weight is 448 g/mol. The van der Waals surface area contributed by atoms with Crippen LogP contribution in [0.15, 0.2) is 45.8 Å². The highest BCUT2D eigenvalue weighted by Crippen LogP contribution is 2.21. The number of carbonyl (C=O) groups excluding carboxylic acids is 2. The molecule has 0 saturated carbocycles. The van der Waals surface area contributed by atoms with Gasteiger partial charge in [0.1, 0.15) is 5.76 Å². The second kappa shape index (κ2) is 10.4. The van der Waals surface area contributed by atoms with Gasteiger partial charge in [-0.1, -0.05) is 30.1 Å². The topological polar surface area (TPSA) is 119 Å². The quantitative estimate of drug-likeness (QED) is 0.512. The molecule has 10 heteroatoms. The third kappa shape index (κ3) is 6.50. The van der Waals surface area contributed by atoms with Crippen LogP contribution in [0.5, 0.6) is 0 Å². The lowest BCUT2D eigenvalue weighted by atomic mass is 10.2. The first-order valence-corrected chi connectivity index (χ1v) is 11.5. The van der Waals surface area contributed by atoms with E-state index >= 15 is 0 Å². The monoisotopic (exact) mass is 447 g/mol. The van der Waals surface area contributed by atoms with Crippen LogP contribution in [0, 0.1) is 6.92 Å². The van der Waals surface area contributed by atoms with Crippen LogP contribution in [-0.2, 0) is 24.3 Å². The number of nitrogens with zero attached hydrogens (tertiary/aromatic N) is 2. The molecule has 0 unspecified atom stereocenters. The van der Waals surface area contributed by atoms with Crippen LogP contribution >= 0.6 is 0 Å². The highest BCUT2D eigenvalue weighted by atomic mass is 32.2. The van der Waals surface area contributed by atoms with Crippen molar-refractivity contribution in [2.45, 2.75) is 37.5 Å². The van der Waals surface area contributed by atoms with Crippen molar-refractivity contribution in [2.24, 2.45) is 0 Å². The summed E-state index contributed by atoms with van der Waals surface area (Å²) in [6, 6.07) is 7.83. The van der Waals surface area contributed by atoms with E-state index < -0.39 is 28.5 Å². The predicted octanol–water partition coefficient (Wildman–Crippen LogP) is 2.74. The van der Waals surface area contributed by atoms with Gasteiger partial charge in [0, 0.05) is 25.2 Å². The molecule has 1 aliphatic rings. The number of esters is 1. The normalized spacial score (nSPS) is 15.5. The van der Waals surface area contributed by atoms with E-state index in [0.717, 1.165) is 25.7 Å². The maximum atomic E-state index is 12.8. The first-order chi connectivity index (χ1) is 14.8. The molecule has 1 N–H and O–H groups in total. The van der Waals surface area contributed by atoms with Gasteiger partial charge in [-0.05, 0) is 43.5 Å². The number of aromatic nitrogens is 1. The standard InChI is InChI=1S/C21H25N3O6S/c1-16-14-19(23-30-16)22-20(25)15-29-21(26)11-8-17-6-9-18(10-7-17)31(27,28)24-12-4-2-3-5-13-24/h6-11,14H,2-5,12-13,15H2,1H3,(H,22,23,25). The van der Waals surface area contributed by atoms with E-state index in [2.05, 4.69) is 10.5 Å². The molecule has 1 aromatic heterocycles. The molecule has 0 atom stereocenters. The Labute approximate surface area is 181 Å². The van der Waals surface area contributed by atoms with E-state index in [1.807, 2.05) is 0 Å². The molecule has 1 aromatic carbocycles. The molecule has 166 valence electrons. The van der Waals surface area contributed by atoms with Gasteiger partial charge in [0.05, 0.1) is 4.90 Å². The van der Waals surface area contributed by atoms with Gasteiger partial charge >= 0.3 is 5.97 Å². The number of hydrogen-bond donors (Lipinski definition) is 1. The number of amides is 1. The summed E-state index contributed by atoms with van der Waals surface area (Å²) in [6.45, 7) is 2.30. The number of rotatable bonds is 7. The van der Waals surface area contributed by atoms with E-state index in [1.165, 1.54) is 34.7 Å². The van der Waals surface area contributed by atoms with Crippen LogP contribution in [0.4, 0.5) is 5.82 Å². The molecule has 2 aromatic rings. The van der Waals surface area contributed by atoms with Gasteiger partial charge in [-0.15, -0.1) is 0 Å². The molecule has 0 aliphatic carbocycles. The third-order valence-corrected chi connectivity index (χ3v) is 6.65. The van der Waals surface area contributed by atoms with Gasteiger partial charge in [0.25, 0.3) is 5.91 Å². The molecular weight excluding hydrogens is 422 g/mol. The maximum absolute atomic E-state index is 12.8. The summed E-state index contributed by atoms with van der Waals surface area (Å²) in [7, 11) is -3.51. The Balaban J connectivity index is 1.51. The van der Waals surface area contributed by atoms with Crippen LogP contribution in [0.2, 0.25) is 0 Å². The average Bonchev–Trinajstić information content (AvgIpc) is 2.98. The van der Waals surface area contributed by atoms with Crippen LogP contribution < -0.4 is 5.32 Å². The first-order valence-electron chi connectivity index (χ1n) is 10.0. The van der Waals surface area contributed by atoms with Crippen molar-refractivity contribution in [3.8, 4) is 0 Å². The summed E-state index contributed by atoms with van der Waals surface area (Å²) in [5.74, 6) is -0.462. The Morgan fingerprint density at radius 2 is 1.84 bits per heavy atom. The summed E-state index contributed by atoms with van der Waals surface area (Å²) in [4.78, 5) is 23.8. The van der Waals surface area contributed by atoms with Gasteiger partial charge in [-0.3, -0.25) is 4.79 Å². The van der Waals surface area contributed by atoms with Crippen LogP contribution in [0.3, 0.4) is 0 Å². The maximum Gasteiger partial charge on any atom is 0.331 e. The third-order valence-electron chi connectivity index (χ3n) is 4.74. The molecule has 2 heterocycles. The largest absolute Gasteiger partial charge is 0.452 e. The van der Waals surface area contributed by atoms with E-state index in [9.17, 15) is 18.0 Å². The van der Waals surface area contributed by atoms with Gasteiger partial charge in [-0.2, -0.15) is 4.31 Å². The molecule has 9 nitrogen and oxygen atoms in total. The summed E-state index contributed by atoms with van der Waals surface area (Å²) >= 11 is 0. The van der Waals surface area contributed by atoms with Crippen molar-refractivity contribution >= 4 is 33.8 Å². The SMILES string of the molecule is Cc1cc(NC(=O)COC(=O)C=Cc2ccc(S(=O)(=O)N3CCCCCC3)cc2)no1. The fourth-order valence-electron chi connectivity index (χ4n) is 3.14. The Morgan fingerprint density at radius 1 is 1.16 bits per heavy atom. The molecule has 1 aliphatic heterocycles. The zero-order chi connectivity index (χ0) is 22.3. The smallest absolute Gasteiger partial charge is 0.331 e. The van der Waals surface area contributed by atoms with Gasteiger partial charge < -0.3 is 14.6 Å². The zero-order valence-corrected chi connectivity index (χ0v) is 18.1. The van der Waals surface area contributed by atoms with Crippen LogP contribution in [0.1, 0.15) is 37.0 Å². The van der Waals surface area contributed by atoms with E-state index in [1.54, 1.807) is 19.1 Å². The van der Waals surface area contributed by atoms with E-state index in [0.29, 0.717) is 24.4 Å². The predicted molar refractivity (Wildman–Crippen MR) is 114 cm³/mol. The minimum atomic E-state index is -3.51. The number of ether oxygens (including phenoxy) is 1. The molecule has 0 bridgehead atoms. The lowest BCUT2D eigenvalue weighted by Gasteiger charge is -2.19. The highest BCUT2D eigenvalue weighted by molar-refractivity contribution is 7.89. The van der Waals surface area contributed by atoms with Crippen molar-refractivity contribution in [1.82, 2.24) is 9.46 Å². The number of nitrogens with one attached hydrogen (secondary N) is 1. The molecule has 3 rings (SSSR count). The number of benzene rings is 1. The molecule has 0 radical (unpaired) electrons. The Morgan fingerprint density at radius 3 is 2.45 bits per heavy atom. The Bertz CT molecular complexity index is 1040. The molecule has 0 spiro atoms. The number of hydrogen-bond acceptors (Lipinski definition) is 7. The minimum Gasteiger partial charge on any atom is -0.452 e. The second-order valence-corrected chi connectivity index (χ2v) is 9.14. The lowest BCUT2D eigenvalue weighted by molar-refractivity contribution is -0.142. The number of aryl methyl sites for hydroxylation is 1. The van der Waals surface area contributed by atoms with Gasteiger partial charge in [0.15, 0.2) is 12.4 Å². The molecule has 1 fully saturated rings. The molecular formula is C21H25N3O6S. The molecule has 1 amide bonds. The Hall–Kier alpha value is -2.98. The first kappa shape index (κ1) is 22.7. The fourth-order valence-corrected chi connectivity index (χ4v) is 4.65. The zero-order valence-electron chi connectivity index (χ0n) is 17.2. The van der Waals surface area contributed by atoms with E-state index in [-0.39, 0.29) is 10.7 Å². The summed E-state index contributed by atoms with van der Waals surface area (Å²) in [5, 5.41) is 6.05. The molecule has 31 heavy (non-hydrogen) atoms. The van der Waals surface area contributed by atoms with Crippen LogP contribution in [-0.4, -0.2) is 49.5 Å². The van der Waals surface area contributed by atoms with Gasteiger partial charge in [-0.25, -0.2) is 13.2 Å². The summed E-state index contributed by atoms with van der Waals surface area (Å²) in [5.41, 5.74) is 0.634. The van der Waals surface area contributed by atoms with Crippen molar-refractivity contribution in [1.29, 1.82) is 0 Å². The van der Waals surface area contributed by atoms with Crippen LogP contribution in [0.25, 0.3) is 6.08 Å². The number of carbonyl (C=O) groups is 2.